The second-order valence-corrected chi connectivity index (χ2v) is 8.57. The number of piperidine rings is 1. The lowest BCUT2D eigenvalue weighted by atomic mass is 10.0. The Labute approximate surface area is 175 Å². The van der Waals surface area contributed by atoms with Gasteiger partial charge in [0.15, 0.2) is 0 Å². The highest BCUT2D eigenvalue weighted by molar-refractivity contribution is 9.10. The van der Waals surface area contributed by atoms with Crippen molar-refractivity contribution in [3.8, 4) is 11.5 Å². The average Bonchev–Trinajstić information content (AvgIpc) is 3.33. The van der Waals surface area contributed by atoms with Crippen molar-refractivity contribution in [3.63, 3.8) is 0 Å². The zero-order chi connectivity index (χ0) is 19.5. The first kappa shape index (κ1) is 19.2. The first-order chi connectivity index (χ1) is 13.6. The summed E-state index contributed by atoms with van der Waals surface area (Å²) in [6, 6.07) is 7.98. The molecule has 1 N–H and O–H groups in total. The summed E-state index contributed by atoms with van der Waals surface area (Å²) >= 11 is 4.81. The molecular weight excluding hydrogens is 442 g/mol. The highest BCUT2D eigenvalue weighted by Crippen LogP contribution is 2.22. The average molecular weight is 462 g/mol. The summed E-state index contributed by atoms with van der Waals surface area (Å²) in [6.45, 7) is 4.24. The number of benzene rings is 1. The summed E-state index contributed by atoms with van der Waals surface area (Å²) < 4.78 is 6.82. The number of nitrogens with one attached hydrogen (secondary N) is 1. The van der Waals surface area contributed by atoms with Crippen LogP contribution in [-0.2, 0) is 6.54 Å². The zero-order valence-corrected chi connectivity index (χ0v) is 17.8. The van der Waals surface area contributed by atoms with E-state index in [-0.39, 0.29) is 11.9 Å². The molecule has 0 bridgehead atoms. The Morgan fingerprint density at radius 3 is 2.71 bits per heavy atom. The van der Waals surface area contributed by atoms with E-state index in [0.717, 1.165) is 41.7 Å². The lowest BCUT2D eigenvalue weighted by Gasteiger charge is -2.31. The molecule has 0 aliphatic carbocycles. The van der Waals surface area contributed by atoms with Crippen molar-refractivity contribution in [1.82, 2.24) is 25.4 Å². The molecular formula is C19H20BrN5O2S. The molecule has 0 saturated carbocycles. The van der Waals surface area contributed by atoms with Crippen LogP contribution in [0, 0.1) is 6.92 Å². The minimum absolute atomic E-state index is 0.0190. The van der Waals surface area contributed by atoms with Crippen LogP contribution in [0.5, 0.6) is 0 Å². The number of thiazole rings is 1. The number of carbonyl (C=O) groups excluding carboxylic acids is 1. The van der Waals surface area contributed by atoms with Crippen LogP contribution in [0.25, 0.3) is 11.5 Å². The number of aryl methyl sites for hydroxylation is 1. The van der Waals surface area contributed by atoms with Crippen molar-refractivity contribution in [2.24, 2.45) is 0 Å². The summed E-state index contributed by atoms with van der Waals surface area (Å²) in [4.78, 5) is 19.5. The number of amides is 1. The Balaban J connectivity index is 1.28. The van der Waals surface area contributed by atoms with Crippen LogP contribution in [0.1, 0.15) is 34.1 Å². The molecule has 3 heterocycles. The van der Waals surface area contributed by atoms with Crippen LogP contribution in [0.15, 0.2) is 38.7 Å². The molecule has 9 heteroatoms. The van der Waals surface area contributed by atoms with Gasteiger partial charge >= 0.3 is 0 Å². The van der Waals surface area contributed by atoms with Crippen LogP contribution in [0.2, 0.25) is 0 Å². The maximum atomic E-state index is 12.3. The summed E-state index contributed by atoms with van der Waals surface area (Å²) in [5, 5.41) is 11.5. The van der Waals surface area contributed by atoms with Crippen LogP contribution in [0.4, 0.5) is 0 Å². The van der Waals surface area contributed by atoms with Crippen LogP contribution in [-0.4, -0.2) is 45.1 Å². The molecule has 1 aromatic carbocycles. The van der Waals surface area contributed by atoms with Crippen LogP contribution < -0.4 is 5.32 Å². The third kappa shape index (κ3) is 4.48. The smallest absolute Gasteiger partial charge is 0.263 e. The van der Waals surface area contributed by atoms with Gasteiger partial charge in [-0.3, -0.25) is 9.69 Å². The Kier molecular flexibility index (Phi) is 5.84. The van der Waals surface area contributed by atoms with Gasteiger partial charge in [0.25, 0.3) is 5.91 Å². The fourth-order valence-electron chi connectivity index (χ4n) is 3.22. The Morgan fingerprint density at radius 2 is 2.04 bits per heavy atom. The predicted molar refractivity (Wildman–Crippen MR) is 110 cm³/mol. The SMILES string of the molecule is Cc1ncsc1C(=O)NC1CCN(Cc2nnc(-c3ccc(Br)cc3)o2)CC1. The predicted octanol–water partition coefficient (Wildman–Crippen LogP) is 3.66. The van der Waals surface area contributed by atoms with Gasteiger partial charge in [-0.05, 0) is 44.0 Å². The molecule has 1 amide bonds. The number of hydrogen-bond acceptors (Lipinski definition) is 7. The van der Waals surface area contributed by atoms with Crippen LogP contribution >= 0.6 is 27.3 Å². The van der Waals surface area contributed by atoms with Gasteiger partial charge in [-0.1, -0.05) is 15.9 Å². The normalized spacial score (nSPS) is 15.6. The number of likely N-dealkylation sites (tertiary alicyclic amines) is 1. The summed E-state index contributed by atoms with van der Waals surface area (Å²) in [7, 11) is 0. The van der Waals surface area contributed by atoms with Gasteiger partial charge in [-0.25, -0.2) is 4.98 Å². The molecule has 1 fully saturated rings. The number of rotatable bonds is 5. The van der Waals surface area contributed by atoms with Gasteiger partial charge in [-0.2, -0.15) is 0 Å². The molecule has 1 aliphatic rings. The van der Waals surface area contributed by atoms with Crippen molar-refractivity contribution in [2.45, 2.75) is 32.4 Å². The molecule has 0 unspecified atom stereocenters. The summed E-state index contributed by atoms with van der Waals surface area (Å²) in [6.07, 6.45) is 1.80. The number of hydrogen-bond donors (Lipinski definition) is 1. The summed E-state index contributed by atoms with van der Waals surface area (Å²) in [5.74, 6) is 1.12. The van der Waals surface area contributed by atoms with Crippen molar-refractivity contribution < 1.29 is 9.21 Å². The van der Waals surface area contributed by atoms with E-state index < -0.39 is 0 Å². The van der Waals surface area contributed by atoms with E-state index in [1.165, 1.54) is 11.3 Å². The van der Waals surface area contributed by atoms with E-state index in [2.05, 4.69) is 41.3 Å². The maximum Gasteiger partial charge on any atom is 0.263 e. The molecule has 0 spiro atoms. The van der Waals surface area contributed by atoms with E-state index in [1.54, 1.807) is 5.51 Å². The monoisotopic (exact) mass is 461 g/mol. The number of nitrogens with zero attached hydrogens (tertiary/aromatic N) is 4. The molecule has 0 radical (unpaired) electrons. The second kappa shape index (κ2) is 8.50. The lowest BCUT2D eigenvalue weighted by Crippen LogP contribution is -2.44. The van der Waals surface area contributed by atoms with Gasteiger partial charge in [-0.15, -0.1) is 21.5 Å². The van der Waals surface area contributed by atoms with Crippen molar-refractivity contribution in [1.29, 1.82) is 0 Å². The Bertz CT molecular complexity index is 947. The first-order valence-corrected chi connectivity index (χ1v) is 10.8. The second-order valence-electron chi connectivity index (χ2n) is 6.80. The minimum Gasteiger partial charge on any atom is -0.419 e. The van der Waals surface area contributed by atoms with E-state index in [0.29, 0.717) is 23.2 Å². The Morgan fingerprint density at radius 1 is 1.29 bits per heavy atom. The molecule has 28 heavy (non-hydrogen) atoms. The third-order valence-electron chi connectivity index (χ3n) is 4.79. The lowest BCUT2D eigenvalue weighted by molar-refractivity contribution is 0.0909. The Hall–Kier alpha value is -2.10. The van der Waals surface area contributed by atoms with E-state index >= 15 is 0 Å². The largest absolute Gasteiger partial charge is 0.419 e. The maximum absolute atomic E-state index is 12.3. The van der Waals surface area contributed by atoms with Crippen molar-refractivity contribution >= 4 is 33.2 Å². The zero-order valence-electron chi connectivity index (χ0n) is 15.4. The van der Waals surface area contributed by atoms with Gasteiger partial charge < -0.3 is 9.73 Å². The molecule has 1 saturated heterocycles. The fraction of sp³-hybridized carbons (Fsp3) is 0.368. The highest BCUT2D eigenvalue weighted by Gasteiger charge is 2.23. The summed E-state index contributed by atoms with van der Waals surface area (Å²) in [5.41, 5.74) is 3.40. The minimum atomic E-state index is -0.0190. The fourth-order valence-corrected chi connectivity index (χ4v) is 4.19. The van der Waals surface area contributed by atoms with Gasteiger partial charge in [0.2, 0.25) is 11.8 Å². The number of halogens is 1. The molecule has 4 rings (SSSR count). The van der Waals surface area contributed by atoms with Gasteiger partial charge in [0, 0.05) is 29.2 Å². The van der Waals surface area contributed by atoms with Gasteiger partial charge in [0.1, 0.15) is 4.88 Å². The van der Waals surface area contributed by atoms with E-state index in [4.69, 9.17) is 4.42 Å². The standard InChI is InChI=1S/C19H20BrN5O2S/c1-12-17(28-11-21-12)18(26)22-15-6-8-25(9-7-15)10-16-23-24-19(27-16)13-2-4-14(20)5-3-13/h2-5,11,15H,6-10H2,1H3,(H,22,26). The van der Waals surface area contributed by atoms with Crippen molar-refractivity contribution in [3.05, 3.63) is 50.7 Å². The first-order valence-electron chi connectivity index (χ1n) is 9.10. The molecule has 7 nitrogen and oxygen atoms in total. The third-order valence-corrected chi connectivity index (χ3v) is 6.25. The molecule has 1 aliphatic heterocycles. The topological polar surface area (TPSA) is 84.2 Å². The van der Waals surface area contributed by atoms with Gasteiger partial charge in [0.05, 0.1) is 17.7 Å². The number of aromatic nitrogens is 3. The highest BCUT2D eigenvalue weighted by atomic mass is 79.9. The quantitative estimate of drug-likeness (QED) is 0.623. The number of carbonyl (C=O) groups is 1. The molecule has 3 aromatic rings. The molecule has 146 valence electrons. The van der Waals surface area contributed by atoms with Crippen molar-refractivity contribution in [2.75, 3.05) is 13.1 Å². The van der Waals surface area contributed by atoms with E-state index in [9.17, 15) is 4.79 Å². The van der Waals surface area contributed by atoms with Crippen LogP contribution in [0.3, 0.4) is 0 Å². The van der Waals surface area contributed by atoms with E-state index in [1.807, 2.05) is 31.2 Å². The molecule has 2 aromatic heterocycles. The molecule has 0 atom stereocenters.